The van der Waals surface area contributed by atoms with Crippen LogP contribution in [-0.2, 0) is 4.79 Å². The highest BCUT2D eigenvalue weighted by atomic mass is 19.3. The molecular formula is C23H21F5N2O4. The molecule has 1 amide bonds. The highest BCUT2D eigenvalue weighted by molar-refractivity contribution is 6.07. The number of carbonyl (C=O) groups excluding carboxylic acids is 1. The molecular weight excluding hydrogens is 463 g/mol. The second kappa shape index (κ2) is 10.3. The van der Waals surface area contributed by atoms with E-state index in [0.29, 0.717) is 26.1 Å². The van der Waals surface area contributed by atoms with Crippen molar-refractivity contribution >= 4 is 11.6 Å². The summed E-state index contributed by atoms with van der Waals surface area (Å²) >= 11 is 0. The molecule has 2 heterocycles. The largest absolute Gasteiger partial charge is 0.488 e. The van der Waals surface area contributed by atoms with Gasteiger partial charge in [-0.2, -0.15) is 8.78 Å². The second-order valence-electron chi connectivity index (χ2n) is 7.71. The number of halogens is 5. The van der Waals surface area contributed by atoms with Gasteiger partial charge < -0.3 is 19.1 Å². The van der Waals surface area contributed by atoms with Gasteiger partial charge in [-0.1, -0.05) is 0 Å². The Morgan fingerprint density at radius 2 is 1.88 bits per heavy atom. The van der Waals surface area contributed by atoms with Crippen molar-refractivity contribution in [3.05, 3.63) is 59.9 Å². The van der Waals surface area contributed by atoms with E-state index in [0.717, 1.165) is 12.1 Å². The molecule has 182 valence electrons. The summed E-state index contributed by atoms with van der Waals surface area (Å²) in [4.78, 5) is 15.8. The summed E-state index contributed by atoms with van der Waals surface area (Å²) in [5.41, 5.74) is 0.243. The smallest absolute Gasteiger partial charge is 0.387 e. The Labute approximate surface area is 192 Å². The average molecular weight is 484 g/mol. The van der Waals surface area contributed by atoms with E-state index < -0.39 is 30.3 Å². The molecule has 0 saturated carbocycles. The molecule has 0 aromatic heterocycles. The van der Waals surface area contributed by atoms with Gasteiger partial charge in [-0.25, -0.2) is 13.2 Å². The van der Waals surface area contributed by atoms with Crippen LogP contribution in [0.3, 0.4) is 0 Å². The number of carbonyl (C=O) groups is 1. The lowest BCUT2D eigenvalue weighted by atomic mass is 10.2. The van der Waals surface area contributed by atoms with E-state index in [1.54, 1.807) is 0 Å². The van der Waals surface area contributed by atoms with E-state index in [1.807, 2.05) is 4.90 Å². The topological polar surface area (TPSA) is 51.2 Å². The van der Waals surface area contributed by atoms with E-state index in [-0.39, 0.29) is 41.8 Å². The fourth-order valence-electron chi connectivity index (χ4n) is 3.70. The van der Waals surface area contributed by atoms with E-state index >= 15 is 0 Å². The van der Waals surface area contributed by atoms with Crippen LogP contribution in [0.1, 0.15) is 6.42 Å². The van der Waals surface area contributed by atoms with Gasteiger partial charge in [0.2, 0.25) is 0 Å². The number of amides is 1. The molecule has 1 saturated heterocycles. The summed E-state index contributed by atoms with van der Waals surface area (Å²) in [5, 5.41) is 0. The molecule has 0 unspecified atom stereocenters. The maximum atomic E-state index is 13.4. The summed E-state index contributed by atoms with van der Waals surface area (Å²) in [6, 6.07) is 6.98. The summed E-state index contributed by atoms with van der Waals surface area (Å²) in [6.45, 7) is -1.59. The molecule has 11 heteroatoms. The number of likely N-dealkylation sites (tertiary alicyclic amines) is 1. The molecule has 6 nitrogen and oxygen atoms in total. The lowest BCUT2D eigenvalue weighted by Gasteiger charge is -2.20. The number of ether oxygens (including phenoxy) is 3. The normalized spacial score (nSPS) is 18.5. The van der Waals surface area contributed by atoms with Gasteiger partial charge in [0, 0.05) is 44.0 Å². The zero-order valence-electron chi connectivity index (χ0n) is 17.9. The first kappa shape index (κ1) is 23.8. The quantitative estimate of drug-likeness (QED) is 0.497. The van der Waals surface area contributed by atoms with Crippen LogP contribution >= 0.6 is 0 Å². The van der Waals surface area contributed by atoms with Crippen LogP contribution in [0, 0.1) is 11.6 Å². The van der Waals surface area contributed by atoms with E-state index in [4.69, 9.17) is 9.47 Å². The van der Waals surface area contributed by atoms with E-state index in [1.165, 1.54) is 35.2 Å². The number of rotatable bonds is 9. The summed E-state index contributed by atoms with van der Waals surface area (Å²) in [6.07, 6.45) is 1.00. The molecule has 0 radical (unpaired) electrons. The molecule has 0 N–H and O–H groups in total. The predicted molar refractivity (Wildman–Crippen MR) is 112 cm³/mol. The number of hydrogen-bond donors (Lipinski definition) is 0. The predicted octanol–water partition coefficient (Wildman–Crippen LogP) is 4.30. The van der Waals surface area contributed by atoms with Crippen molar-refractivity contribution in [3.63, 3.8) is 0 Å². The maximum Gasteiger partial charge on any atom is 0.387 e. The summed E-state index contributed by atoms with van der Waals surface area (Å²) in [5.74, 6) is -3.18. The molecule has 1 atom stereocenters. The molecule has 34 heavy (non-hydrogen) atoms. The van der Waals surface area contributed by atoms with Crippen LogP contribution in [0.5, 0.6) is 17.2 Å². The highest BCUT2D eigenvalue weighted by Gasteiger charge is 2.29. The fraction of sp³-hybridized carbons (Fsp3) is 0.348. The molecule has 0 aliphatic carbocycles. The lowest BCUT2D eigenvalue weighted by molar-refractivity contribution is -0.116. The molecule has 2 aromatic carbocycles. The molecule has 0 bridgehead atoms. The summed E-state index contributed by atoms with van der Waals surface area (Å²) < 4.78 is 81.2. The summed E-state index contributed by atoms with van der Waals surface area (Å²) in [7, 11) is 0. The van der Waals surface area contributed by atoms with Crippen molar-refractivity contribution in [2.24, 2.45) is 0 Å². The van der Waals surface area contributed by atoms with Gasteiger partial charge >= 0.3 is 6.61 Å². The number of nitrogens with zero attached hydrogens (tertiary/aromatic N) is 2. The maximum absolute atomic E-state index is 13.4. The van der Waals surface area contributed by atoms with Crippen molar-refractivity contribution < 1.29 is 41.0 Å². The van der Waals surface area contributed by atoms with Gasteiger partial charge in [-0.15, -0.1) is 0 Å². The third kappa shape index (κ3) is 5.58. The van der Waals surface area contributed by atoms with Gasteiger partial charge in [-0.3, -0.25) is 9.69 Å². The van der Waals surface area contributed by atoms with Crippen LogP contribution in [0.15, 0.2) is 48.2 Å². The number of benzene rings is 2. The van der Waals surface area contributed by atoms with Crippen molar-refractivity contribution in [2.75, 3.05) is 37.7 Å². The standard InChI is InChI=1S/C23H21F5N2O4/c24-14-5-7-29(13-14)9-10-32-19-4-1-15(11-21(19)34-23(27)28)30-8-6-20(22(30)31)33-16-2-3-17(25)18(26)12-16/h1-4,6,11-12,14,23H,5,7-10,13H2/t14-/m0/s1. The van der Waals surface area contributed by atoms with Crippen LogP contribution in [0.25, 0.3) is 0 Å². The SMILES string of the molecule is O=C1C(Oc2ccc(F)c(F)c2)=CCN1c1ccc(OCCN2CC[C@H](F)C2)c(OC(F)F)c1. The molecule has 4 rings (SSSR count). The Balaban J connectivity index is 1.42. The minimum absolute atomic E-state index is 0.0536. The first-order valence-corrected chi connectivity index (χ1v) is 10.5. The first-order valence-electron chi connectivity index (χ1n) is 10.5. The van der Waals surface area contributed by atoms with E-state index in [9.17, 15) is 26.7 Å². The molecule has 2 aromatic rings. The van der Waals surface area contributed by atoms with Gasteiger partial charge in [0.15, 0.2) is 28.9 Å². The molecule has 0 spiro atoms. The minimum atomic E-state index is -3.12. The average Bonchev–Trinajstić information content (AvgIpc) is 3.37. The third-order valence-corrected chi connectivity index (χ3v) is 5.37. The van der Waals surface area contributed by atoms with Crippen molar-refractivity contribution in [3.8, 4) is 17.2 Å². The zero-order valence-corrected chi connectivity index (χ0v) is 17.9. The lowest BCUT2D eigenvalue weighted by Crippen LogP contribution is -2.28. The van der Waals surface area contributed by atoms with Crippen LogP contribution in [0.2, 0.25) is 0 Å². The number of alkyl halides is 3. The third-order valence-electron chi connectivity index (χ3n) is 5.37. The Kier molecular flexibility index (Phi) is 7.20. The monoisotopic (exact) mass is 484 g/mol. The van der Waals surface area contributed by atoms with Gasteiger partial charge in [0.05, 0.1) is 0 Å². The Hall–Kier alpha value is -3.34. The Bertz CT molecular complexity index is 1080. The fourth-order valence-corrected chi connectivity index (χ4v) is 3.70. The molecule has 2 aliphatic rings. The van der Waals surface area contributed by atoms with Crippen molar-refractivity contribution in [1.29, 1.82) is 0 Å². The number of hydrogen-bond acceptors (Lipinski definition) is 5. The van der Waals surface area contributed by atoms with Crippen LogP contribution in [-0.4, -0.2) is 56.4 Å². The van der Waals surface area contributed by atoms with Crippen LogP contribution < -0.4 is 19.1 Å². The number of anilines is 1. The van der Waals surface area contributed by atoms with Crippen molar-refractivity contribution in [2.45, 2.75) is 19.2 Å². The van der Waals surface area contributed by atoms with Gasteiger partial charge in [-0.05, 0) is 36.8 Å². The second-order valence-corrected chi connectivity index (χ2v) is 7.71. The molecule has 1 fully saturated rings. The van der Waals surface area contributed by atoms with Crippen LogP contribution in [0.4, 0.5) is 27.6 Å². The Morgan fingerprint density at radius 1 is 1.06 bits per heavy atom. The van der Waals surface area contributed by atoms with E-state index in [2.05, 4.69) is 4.74 Å². The Morgan fingerprint density at radius 3 is 2.59 bits per heavy atom. The zero-order chi connectivity index (χ0) is 24.2. The minimum Gasteiger partial charge on any atom is -0.488 e. The highest BCUT2D eigenvalue weighted by Crippen LogP contribution is 2.35. The first-order chi connectivity index (χ1) is 16.3. The molecule has 2 aliphatic heterocycles. The van der Waals surface area contributed by atoms with Crippen molar-refractivity contribution in [1.82, 2.24) is 4.90 Å². The van der Waals surface area contributed by atoms with Gasteiger partial charge in [0.1, 0.15) is 18.5 Å². The van der Waals surface area contributed by atoms with Gasteiger partial charge in [0.25, 0.3) is 5.91 Å².